The number of nitrogens with one attached hydrogen (secondary N) is 1. The summed E-state index contributed by atoms with van der Waals surface area (Å²) in [4.78, 5) is 3.92. The first-order chi connectivity index (χ1) is 5.33. The van der Waals surface area contributed by atoms with Crippen molar-refractivity contribution in [1.82, 2.24) is 10.2 Å². The van der Waals surface area contributed by atoms with Gasteiger partial charge in [-0.2, -0.15) is 0 Å². The fourth-order valence-electron chi connectivity index (χ4n) is 0.547. The second kappa shape index (κ2) is 6.12. The summed E-state index contributed by atoms with van der Waals surface area (Å²) in [5.74, 6) is 0.379. The maximum atomic E-state index is 5.45. The van der Waals surface area contributed by atoms with Gasteiger partial charge in [0.25, 0.3) is 0 Å². The fourth-order valence-corrected chi connectivity index (χ4v) is 0.999. The van der Waals surface area contributed by atoms with E-state index in [0.29, 0.717) is 17.6 Å². The average Bonchev–Trinajstić information content (AvgIpc) is 2.40. The summed E-state index contributed by atoms with van der Waals surface area (Å²) in [5, 5.41) is 10.8. The number of guanidine groups is 1. The molecule has 7 heteroatoms. The highest BCUT2D eigenvalue weighted by Crippen LogP contribution is 2.06. The zero-order valence-electron chi connectivity index (χ0n) is 6.52. The van der Waals surface area contributed by atoms with Crippen LogP contribution >= 0.6 is 35.3 Å². The Morgan fingerprint density at radius 1 is 1.83 bits per heavy atom. The number of hydrogen-bond donors (Lipinski definition) is 2. The number of aromatic nitrogens is 2. The van der Waals surface area contributed by atoms with Gasteiger partial charge in [-0.15, -0.1) is 34.2 Å². The summed E-state index contributed by atoms with van der Waals surface area (Å²) >= 11 is 1.38. The highest BCUT2D eigenvalue weighted by Gasteiger charge is 1.95. The van der Waals surface area contributed by atoms with E-state index in [1.807, 2.05) is 6.92 Å². The smallest absolute Gasteiger partial charge is 0.212 e. The van der Waals surface area contributed by atoms with Crippen molar-refractivity contribution >= 4 is 46.4 Å². The molecule has 0 aliphatic rings. The molecule has 0 spiro atoms. The molecular formula is C5H10IN5S. The van der Waals surface area contributed by atoms with Crippen LogP contribution in [0.3, 0.4) is 0 Å². The second-order valence-corrected chi connectivity index (χ2v) is 2.56. The Balaban J connectivity index is 0.00000121. The third-order valence-electron chi connectivity index (χ3n) is 0.923. The summed E-state index contributed by atoms with van der Waals surface area (Å²) in [5.41, 5.74) is 7.08. The zero-order valence-corrected chi connectivity index (χ0v) is 9.67. The number of nitrogens with two attached hydrogens (primary N) is 1. The Morgan fingerprint density at radius 2 is 2.58 bits per heavy atom. The van der Waals surface area contributed by atoms with E-state index in [0.717, 1.165) is 0 Å². The zero-order chi connectivity index (χ0) is 8.10. The summed E-state index contributed by atoms with van der Waals surface area (Å²) in [7, 11) is 0. The van der Waals surface area contributed by atoms with Gasteiger partial charge in [0.1, 0.15) is 5.51 Å². The molecule has 0 fully saturated rings. The largest absolute Gasteiger partial charge is 0.370 e. The standard InChI is InChI=1S/C5H9N5S.HI/c1-2-7-4(6)9-5-10-8-3-11-5;/h3H,2H2,1H3,(H3,6,7,9,10);1H. The normalized spacial score (nSPS) is 10.6. The molecule has 0 bridgehead atoms. The van der Waals surface area contributed by atoms with E-state index in [1.165, 1.54) is 11.3 Å². The topological polar surface area (TPSA) is 76.2 Å². The minimum Gasteiger partial charge on any atom is -0.370 e. The van der Waals surface area contributed by atoms with Gasteiger partial charge in [0.2, 0.25) is 5.13 Å². The molecule has 68 valence electrons. The van der Waals surface area contributed by atoms with Gasteiger partial charge in [0.15, 0.2) is 5.96 Å². The quantitative estimate of drug-likeness (QED) is 0.483. The molecule has 12 heavy (non-hydrogen) atoms. The van der Waals surface area contributed by atoms with E-state index in [4.69, 9.17) is 5.73 Å². The molecule has 5 nitrogen and oxygen atoms in total. The third kappa shape index (κ3) is 3.81. The van der Waals surface area contributed by atoms with Crippen LogP contribution in [-0.2, 0) is 0 Å². The van der Waals surface area contributed by atoms with E-state index in [2.05, 4.69) is 20.5 Å². The van der Waals surface area contributed by atoms with E-state index >= 15 is 0 Å². The van der Waals surface area contributed by atoms with Crippen molar-refractivity contribution in [2.24, 2.45) is 10.7 Å². The number of rotatable bonds is 2. The van der Waals surface area contributed by atoms with Gasteiger partial charge in [-0.25, -0.2) is 0 Å². The van der Waals surface area contributed by atoms with Crippen molar-refractivity contribution in [2.45, 2.75) is 6.92 Å². The Morgan fingerprint density at radius 3 is 3.08 bits per heavy atom. The van der Waals surface area contributed by atoms with Crippen molar-refractivity contribution in [3.8, 4) is 0 Å². The number of aliphatic imine (C=N–C) groups is 1. The van der Waals surface area contributed by atoms with E-state index in [9.17, 15) is 0 Å². The minimum atomic E-state index is 0. The maximum absolute atomic E-state index is 5.45. The summed E-state index contributed by atoms with van der Waals surface area (Å²) in [6.07, 6.45) is 0. The molecule has 0 aliphatic heterocycles. The molecule has 0 aromatic carbocycles. The van der Waals surface area contributed by atoms with Gasteiger partial charge in [-0.3, -0.25) is 4.99 Å². The predicted octanol–water partition coefficient (Wildman–Crippen LogP) is 0.903. The lowest BCUT2D eigenvalue weighted by molar-refractivity contribution is 1.09. The van der Waals surface area contributed by atoms with Crippen LogP contribution < -0.4 is 11.1 Å². The van der Waals surface area contributed by atoms with Gasteiger partial charge >= 0.3 is 0 Å². The van der Waals surface area contributed by atoms with Crippen molar-refractivity contribution in [3.63, 3.8) is 0 Å². The Bertz CT molecular complexity index is 234. The van der Waals surface area contributed by atoms with Crippen molar-refractivity contribution in [2.75, 3.05) is 11.9 Å². The molecule has 1 heterocycles. The van der Waals surface area contributed by atoms with E-state index in [1.54, 1.807) is 5.51 Å². The highest BCUT2D eigenvalue weighted by atomic mass is 127. The monoisotopic (exact) mass is 299 g/mol. The number of nitrogens with zero attached hydrogens (tertiary/aromatic N) is 3. The molecule has 0 atom stereocenters. The number of anilines is 1. The first-order valence-electron chi connectivity index (χ1n) is 3.16. The Labute approximate surface area is 91.5 Å². The van der Waals surface area contributed by atoms with E-state index in [-0.39, 0.29) is 24.0 Å². The van der Waals surface area contributed by atoms with Gasteiger partial charge < -0.3 is 11.1 Å². The van der Waals surface area contributed by atoms with Gasteiger partial charge in [0, 0.05) is 6.54 Å². The SMILES string of the molecule is CCN=C(N)Nc1nncs1.I. The van der Waals surface area contributed by atoms with Crippen LogP contribution in [0, 0.1) is 0 Å². The molecule has 0 radical (unpaired) electrons. The molecule has 0 amide bonds. The molecule has 0 saturated carbocycles. The van der Waals surface area contributed by atoms with Crippen LogP contribution in [0.4, 0.5) is 5.13 Å². The predicted molar refractivity (Wildman–Crippen MR) is 61.1 cm³/mol. The van der Waals surface area contributed by atoms with Crippen LogP contribution in [0.15, 0.2) is 10.5 Å². The van der Waals surface area contributed by atoms with Crippen LogP contribution in [-0.4, -0.2) is 22.7 Å². The van der Waals surface area contributed by atoms with Gasteiger partial charge in [-0.05, 0) is 6.92 Å². The summed E-state index contributed by atoms with van der Waals surface area (Å²) in [6, 6.07) is 0. The minimum absolute atomic E-state index is 0. The first-order valence-corrected chi connectivity index (χ1v) is 4.04. The van der Waals surface area contributed by atoms with Crippen LogP contribution in [0.2, 0.25) is 0 Å². The van der Waals surface area contributed by atoms with Crippen LogP contribution in [0.25, 0.3) is 0 Å². The van der Waals surface area contributed by atoms with Crippen LogP contribution in [0.1, 0.15) is 6.92 Å². The molecular weight excluding hydrogens is 289 g/mol. The summed E-state index contributed by atoms with van der Waals surface area (Å²) < 4.78 is 0. The number of halogens is 1. The second-order valence-electron chi connectivity index (χ2n) is 1.73. The molecule has 0 unspecified atom stereocenters. The molecule has 1 aromatic heterocycles. The Hall–Kier alpha value is -0.440. The maximum Gasteiger partial charge on any atom is 0.212 e. The first kappa shape index (κ1) is 11.6. The summed E-state index contributed by atoms with van der Waals surface area (Å²) in [6.45, 7) is 2.58. The van der Waals surface area contributed by atoms with Crippen molar-refractivity contribution < 1.29 is 0 Å². The lowest BCUT2D eigenvalue weighted by Gasteiger charge is -1.97. The molecule has 0 saturated heterocycles. The highest BCUT2D eigenvalue weighted by molar-refractivity contribution is 14.0. The lowest BCUT2D eigenvalue weighted by Crippen LogP contribution is -2.22. The van der Waals surface area contributed by atoms with E-state index < -0.39 is 0 Å². The number of hydrogen-bond acceptors (Lipinski definition) is 4. The van der Waals surface area contributed by atoms with Crippen molar-refractivity contribution in [3.05, 3.63) is 5.51 Å². The van der Waals surface area contributed by atoms with Crippen LogP contribution in [0.5, 0.6) is 0 Å². The molecule has 3 N–H and O–H groups in total. The average molecular weight is 299 g/mol. The fraction of sp³-hybridized carbons (Fsp3) is 0.400. The van der Waals surface area contributed by atoms with Gasteiger partial charge in [0.05, 0.1) is 0 Å². The molecule has 1 aromatic rings. The molecule has 0 aliphatic carbocycles. The lowest BCUT2D eigenvalue weighted by atomic mass is 10.8. The third-order valence-corrected chi connectivity index (χ3v) is 1.53. The van der Waals surface area contributed by atoms with Gasteiger partial charge in [-0.1, -0.05) is 11.3 Å². The molecule has 1 rings (SSSR count). The van der Waals surface area contributed by atoms with Crippen molar-refractivity contribution in [1.29, 1.82) is 0 Å². The Kier molecular flexibility index (Phi) is 5.89.